The molecule has 2 nitrogen and oxygen atoms in total. The summed E-state index contributed by atoms with van der Waals surface area (Å²) in [4.78, 5) is 9.76. The molecular formula is C8H5F11O2. The second-order valence-electron chi connectivity index (χ2n) is 3.84. The number of rotatable bonds is 6. The normalized spacial score (nSPS) is 16.8. The van der Waals surface area contributed by atoms with Crippen molar-refractivity contribution in [1.29, 1.82) is 0 Å². The second kappa shape index (κ2) is 4.87. The van der Waals surface area contributed by atoms with Gasteiger partial charge < -0.3 is 5.11 Å². The van der Waals surface area contributed by atoms with E-state index in [2.05, 4.69) is 0 Å². The second-order valence-corrected chi connectivity index (χ2v) is 3.84. The van der Waals surface area contributed by atoms with Crippen molar-refractivity contribution in [2.24, 2.45) is 0 Å². The Morgan fingerprint density at radius 3 is 1.38 bits per heavy atom. The van der Waals surface area contributed by atoms with Gasteiger partial charge >= 0.3 is 35.6 Å². The summed E-state index contributed by atoms with van der Waals surface area (Å²) < 4.78 is 139. The average molecular weight is 342 g/mol. The van der Waals surface area contributed by atoms with E-state index in [1.165, 1.54) is 0 Å². The molecule has 21 heavy (non-hydrogen) atoms. The minimum atomic E-state index is -7.56. The molecule has 0 rings (SSSR count). The van der Waals surface area contributed by atoms with Crippen LogP contribution in [-0.2, 0) is 4.79 Å². The van der Waals surface area contributed by atoms with E-state index in [9.17, 15) is 53.1 Å². The molecule has 1 unspecified atom stereocenters. The first-order chi connectivity index (χ1) is 8.89. The van der Waals surface area contributed by atoms with Gasteiger partial charge in [-0.05, 0) is 6.92 Å². The average Bonchev–Trinajstić information content (AvgIpc) is 2.27. The molecule has 0 saturated carbocycles. The lowest BCUT2D eigenvalue weighted by Gasteiger charge is -2.38. The zero-order valence-electron chi connectivity index (χ0n) is 9.59. The number of carboxylic acids is 1. The quantitative estimate of drug-likeness (QED) is 0.749. The Hall–Kier alpha value is -1.30. The number of hydrogen-bond acceptors (Lipinski definition) is 1. The van der Waals surface area contributed by atoms with Crippen molar-refractivity contribution < 1.29 is 58.2 Å². The summed E-state index contributed by atoms with van der Waals surface area (Å²) in [6.07, 6.45) is -4.12. The van der Waals surface area contributed by atoms with Crippen molar-refractivity contribution in [3.63, 3.8) is 0 Å². The highest BCUT2D eigenvalue weighted by atomic mass is 19.4. The fourth-order valence-corrected chi connectivity index (χ4v) is 0.988. The summed E-state index contributed by atoms with van der Waals surface area (Å²) in [5, 5.41) is 7.65. The topological polar surface area (TPSA) is 37.3 Å². The minimum absolute atomic E-state index is 0.405. The molecule has 0 aliphatic rings. The summed E-state index contributed by atoms with van der Waals surface area (Å²) >= 11 is 0. The first-order valence-electron chi connectivity index (χ1n) is 4.65. The van der Waals surface area contributed by atoms with Crippen LogP contribution in [0.5, 0.6) is 0 Å². The van der Waals surface area contributed by atoms with Crippen LogP contribution in [0.15, 0.2) is 0 Å². The van der Waals surface area contributed by atoms with Crippen LogP contribution < -0.4 is 0 Å². The fourth-order valence-electron chi connectivity index (χ4n) is 0.988. The summed E-state index contributed by atoms with van der Waals surface area (Å²) in [6.45, 7) is -0.405. The van der Waals surface area contributed by atoms with Crippen molar-refractivity contribution in [2.75, 3.05) is 0 Å². The van der Waals surface area contributed by atoms with E-state index >= 15 is 0 Å². The number of halogens is 11. The highest BCUT2D eigenvalue weighted by Crippen LogP contribution is 2.57. The van der Waals surface area contributed by atoms with E-state index in [1.807, 2.05) is 0 Å². The molecule has 126 valence electrons. The van der Waals surface area contributed by atoms with E-state index in [1.54, 1.807) is 0 Å². The number of hydrogen-bond donors (Lipinski definition) is 1. The monoisotopic (exact) mass is 342 g/mol. The Bertz CT molecular complexity index is 414. The SMILES string of the molecule is CC(F)C(F)(F)C(F)(F)C(F)(F)C(F)(F)C(F)(F)C(=O)O. The Balaban J connectivity index is 6.15. The van der Waals surface area contributed by atoms with Crippen LogP contribution in [0.3, 0.4) is 0 Å². The van der Waals surface area contributed by atoms with Gasteiger partial charge in [0.2, 0.25) is 0 Å². The Kier molecular flexibility index (Phi) is 4.56. The summed E-state index contributed by atoms with van der Waals surface area (Å²) in [5.74, 6) is -39.5. The highest BCUT2D eigenvalue weighted by Gasteiger charge is 2.88. The third-order valence-electron chi connectivity index (χ3n) is 2.37. The Morgan fingerprint density at radius 2 is 1.14 bits per heavy atom. The molecule has 0 aliphatic carbocycles. The molecule has 0 aliphatic heterocycles. The van der Waals surface area contributed by atoms with Crippen LogP contribution in [0, 0.1) is 0 Å². The molecule has 0 aromatic carbocycles. The molecule has 0 heterocycles. The smallest absolute Gasteiger partial charge is 0.410 e. The van der Waals surface area contributed by atoms with Gasteiger partial charge in [-0.25, -0.2) is 9.18 Å². The van der Waals surface area contributed by atoms with E-state index < -0.39 is 48.7 Å². The zero-order valence-corrected chi connectivity index (χ0v) is 9.59. The van der Waals surface area contributed by atoms with Crippen molar-refractivity contribution >= 4 is 5.97 Å². The van der Waals surface area contributed by atoms with Crippen LogP contribution in [0.25, 0.3) is 0 Å². The molecule has 0 saturated heterocycles. The molecule has 0 bridgehead atoms. The van der Waals surface area contributed by atoms with Crippen LogP contribution in [0.4, 0.5) is 48.3 Å². The molecule has 0 spiro atoms. The van der Waals surface area contributed by atoms with E-state index in [0.29, 0.717) is 0 Å². The van der Waals surface area contributed by atoms with Gasteiger partial charge in [0.05, 0.1) is 0 Å². The van der Waals surface area contributed by atoms with Gasteiger partial charge in [0.15, 0.2) is 6.17 Å². The minimum Gasteiger partial charge on any atom is -0.477 e. The van der Waals surface area contributed by atoms with Gasteiger partial charge in [0, 0.05) is 0 Å². The largest absolute Gasteiger partial charge is 0.477 e. The van der Waals surface area contributed by atoms with Crippen molar-refractivity contribution in [1.82, 2.24) is 0 Å². The predicted molar refractivity (Wildman–Crippen MR) is 42.9 cm³/mol. The molecule has 0 aromatic rings. The maximum atomic E-state index is 12.8. The summed E-state index contributed by atoms with van der Waals surface area (Å²) in [7, 11) is 0. The van der Waals surface area contributed by atoms with Crippen LogP contribution in [0.2, 0.25) is 0 Å². The zero-order chi connectivity index (χ0) is 17.7. The lowest BCUT2D eigenvalue weighted by atomic mass is 9.92. The molecule has 0 radical (unpaired) electrons. The lowest BCUT2D eigenvalue weighted by Crippen LogP contribution is -2.70. The van der Waals surface area contributed by atoms with Gasteiger partial charge in [-0.2, -0.15) is 43.9 Å². The summed E-state index contributed by atoms with van der Waals surface area (Å²) in [6, 6.07) is 0. The van der Waals surface area contributed by atoms with Gasteiger partial charge in [-0.3, -0.25) is 0 Å². The first-order valence-corrected chi connectivity index (χ1v) is 4.65. The maximum Gasteiger partial charge on any atom is 0.410 e. The number of carbonyl (C=O) groups is 1. The van der Waals surface area contributed by atoms with Gasteiger partial charge in [-0.1, -0.05) is 0 Å². The highest BCUT2D eigenvalue weighted by molar-refractivity contribution is 5.77. The van der Waals surface area contributed by atoms with Gasteiger partial charge in [0.25, 0.3) is 0 Å². The number of alkyl halides is 11. The maximum absolute atomic E-state index is 12.8. The van der Waals surface area contributed by atoms with Crippen molar-refractivity contribution in [3.8, 4) is 0 Å². The predicted octanol–water partition coefficient (Wildman–Crippen LogP) is 3.61. The molecule has 1 atom stereocenters. The summed E-state index contributed by atoms with van der Waals surface area (Å²) in [5.41, 5.74) is 0. The lowest BCUT2D eigenvalue weighted by molar-refractivity contribution is -0.402. The van der Waals surface area contributed by atoms with E-state index in [-0.39, 0.29) is 0 Å². The van der Waals surface area contributed by atoms with E-state index in [0.717, 1.165) is 0 Å². The van der Waals surface area contributed by atoms with Gasteiger partial charge in [0.1, 0.15) is 0 Å². The van der Waals surface area contributed by atoms with Gasteiger partial charge in [-0.15, -0.1) is 0 Å². The molecule has 13 heteroatoms. The molecule has 1 N–H and O–H groups in total. The third-order valence-corrected chi connectivity index (χ3v) is 2.37. The molecule has 0 amide bonds. The van der Waals surface area contributed by atoms with E-state index in [4.69, 9.17) is 5.11 Å². The van der Waals surface area contributed by atoms with Crippen LogP contribution >= 0.6 is 0 Å². The van der Waals surface area contributed by atoms with Crippen molar-refractivity contribution in [3.05, 3.63) is 0 Å². The molecule has 0 fully saturated rings. The van der Waals surface area contributed by atoms with Crippen LogP contribution in [0.1, 0.15) is 6.92 Å². The van der Waals surface area contributed by atoms with Crippen molar-refractivity contribution in [2.45, 2.75) is 42.7 Å². The Morgan fingerprint density at radius 1 is 0.810 bits per heavy atom. The first kappa shape index (κ1) is 19.7. The number of carboxylic acid groups (broad SMARTS) is 1. The fraction of sp³-hybridized carbons (Fsp3) is 0.875. The van der Waals surface area contributed by atoms with Crippen LogP contribution in [-0.4, -0.2) is 46.9 Å². The Labute approximate surface area is 108 Å². The standard InChI is InChI=1S/C8H5F11O2/c1-2(9)4(10,11)6(14,15)8(18,19)7(16,17)5(12,13)3(20)21/h2H,1H3,(H,20,21). The molecular weight excluding hydrogens is 337 g/mol. The third kappa shape index (κ3) is 2.39. The molecule has 0 aromatic heterocycles. The number of aliphatic carboxylic acids is 1.